The van der Waals surface area contributed by atoms with E-state index in [4.69, 9.17) is 0 Å². The number of amides is 2. The first kappa shape index (κ1) is 17.8. The molecule has 23 heavy (non-hydrogen) atoms. The topological polar surface area (TPSA) is 61.4 Å². The van der Waals surface area contributed by atoms with Crippen molar-refractivity contribution in [3.05, 3.63) is 29.8 Å². The number of nitrogens with one attached hydrogen (secondary N) is 2. The Morgan fingerprint density at radius 1 is 1.35 bits per heavy atom. The lowest BCUT2D eigenvalue weighted by Crippen LogP contribution is -2.49. The number of hydrogen-bond donors (Lipinski definition) is 2. The first-order valence-corrected chi connectivity index (χ1v) is 8.03. The van der Waals surface area contributed by atoms with Crippen molar-refractivity contribution in [3.63, 3.8) is 0 Å². The van der Waals surface area contributed by atoms with E-state index in [0.717, 1.165) is 37.3 Å². The molecule has 2 heterocycles. The van der Waals surface area contributed by atoms with E-state index in [9.17, 15) is 9.59 Å². The minimum atomic E-state index is 0. The third kappa shape index (κ3) is 4.03. The van der Waals surface area contributed by atoms with E-state index in [1.165, 1.54) is 0 Å². The first-order valence-electron chi connectivity index (χ1n) is 8.03. The van der Waals surface area contributed by atoms with Gasteiger partial charge in [0.2, 0.25) is 11.8 Å². The molecular weight excluding hydrogens is 314 g/mol. The lowest BCUT2D eigenvalue weighted by Gasteiger charge is -2.31. The van der Waals surface area contributed by atoms with Gasteiger partial charge in [0.05, 0.1) is 0 Å². The Kier molecular flexibility index (Phi) is 6.02. The van der Waals surface area contributed by atoms with Crippen molar-refractivity contribution in [3.8, 4) is 0 Å². The molecule has 3 rings (SSSR count). The average Bonchev–Trinajstić information content (AvgIpc) is 2.89. The third-order valence-corrected chi connectivity index (χ3v) is 4.72. The summed E-state index contributed by atoms with van der Waals surface area (Å²) in [4.78, 5) is 25.6. The molecule has 126 valence electrons. The first-order chi connectivity index (χ1) is 10.6. The van der Waals surface area contributed by atoms with Crippen LogP contribution in [-0.4, -0.2) is 31.4 Å². The molecule has 0 aromatic heterocycles. The zero-order valence-electron chi connectivity index (χ0n) is 13.4. The van der Waals surface area contributed by atoms with Gasteiger partial charge in [0, 0.05) is 31.1 Å². The highest BCUT2D eigenvalue weighted by atomic mass is 35.5. The van der Waals surface area contributed by atoms with Crippen LogP contribution in [0, 0.1) is 11.8 Å². The molecule has 5 nitrogen and oxygen atoms in total. The van der Waals surface area contributed by atoms with Crippen LogP contribution in [0.2, 0.25) is 0 Å². The third-order valence-electron chi connectivity index (χ3n) is 4.72. The smallest absolute Gasteiger partial charge is 0.227 e. The van der Waals surface area contributed by atoms with Crippen molar-refractivity contribution < 1.29 is 9.59 Å². The fourth-order valence-corrected chi connectivity index (χ4v) is 2.94. The number of carbonyl (C=O) groups is 2. The predicted molar refractivity (Wildman–Crippen MR) is 92.6 cm³/mol. The second kappa shape index (κ2) is 7.79. The maximum absolute atomic E-state index is 12.1. The fourth-order valence-electron chi connectivity index (χ4n) is 2.94. The van der Waals surface area contributed by atoms with E-state index in [1.54, 1.807) is 0 Å². The van der Waals surface area contributed by atoms with Crippen molar-refractivity contribution in [2.75, 3.05) is 24.5 Å². The SMILES string of the molecule is CC(C(=O)NCc1ccc(N2CCCC2=O)cc1)C1CNC1.Cl. The van der Waals surface area contributed by atoms with Crippen LogP contribution in [0.4, 0.5) is 5.69 Å². The van der Waals surface area contributed by atoms with Crippen LogP contribution >= 0.6 is 12.4 Å². The van der Waals surface area contributed by atoms with Gasteiger partial charge in [-0.15, -0.1) is 12.4 Å². The minimum Gasteiger partial charge on any atom is -0.352 e. The van der Waals surface area contributed by atoms with Crippen LogP contribution in [0.3, 0.4) is 0 Å². The van der Waals surface area contributed by atoms with E-state index >= 15 is 0 Å². The molecular formula is C17H24ClN3O2. The second-order valence-corrected chi connectivity index (χ2v) is 6.24. The number of carbonyl (C=O) groups excluding carboxylic acids is 2. The van der Waals surface area contributed by atoms with E-state index in [0.29, 0.717) is 18.9 Å². The van der Waals surface area contributed by atoms with Crippen molar-refractivity contribution in [2.24, 2.45) is 11.8 Å². The number of hydrogen-bond acceptors (Lipinski definition) is 3. The average molecular weight is 338 g/mol. The van der Waals surface area contributed by atoms with Crippen molar-refractivity contribution in [1.82, 2.24) is 10.6 Å². The van der Waals surface area contributed by atoms with Gasteiger partial charge >= 0.3 is 0 Å². The summed E-state index contributed by atoms with van der Waals surface area (Å²) in [5.41, 5.74) is 2.01. The lowest BCUT2D eigenvalue weighted by molar-refractivity contribution is -0.126. The molecule has 0 bridgehead atoms. The van der Waals surface area contributed by atoms with Crippen LogP contribution in [0.25, 0.3) is 0 Å². The van der Waals surface area contributed by atoms with Crippen LogP contribution in [-0.2, 0) is 16.1 Å². The number of benzene rings is 1. The zero-order chi connectivity index (χ0) is 15.5. The molecule has 1 unspecified atom stereocenters. The second-order valence-electron chi connectivity index (χ2n) is 6.24. The van der Waals surface area contributed by atoms with Crippen LogP contribution in [0.5, 0.6) is 0 Å². The quantitative estimate of drug-likeness (QED) is 0.859. The number of nitrogens with zero attached hydrogens (tertiary/aromatic N) is 1. The molecule has 0 radical (unpaired) electrons. The van der Waals surface area contributed by atoms with Crippen LogP contribution < -0.4 is 15.5 Å². The molecule has 2 saturated heterocycles. The molecule has 6 heteroatoms. The molecule has 2 aliphatic heterocycles. The van der Waals surface area contributed by atoms with Gasteiger partial charge in [-0.2, -0.15) is 0 Å². The highest BCUT2D eigenvalue weighted by Crippen LogP contribution is 2.21. The monoisotopic (exact) mass is 337 g/mol. The van der Waals surface area contributed by atoms with Crippen molar-refractivity contribution in [2.45, 2.75) is 26.3 Å². The molecule has 1 aromatic carbocycles. The summed E-state index contributed by atoms with van der Waals surface area (Å²) in [5, 5.41) is 6.19. The van der Waals surface area contributed by atoms with Crippen LogP contribution in [0.1, 0.15) is 25.3 Å². The lowest BCUT2D eigenvalue weighted by atomic mass is 9.88. The minimum absolute atomic E-state index is 0. The molecule has 1 aromatic rings. The highest BCUT2D eigenvalue weighted by Gasteiger charge is 2.28. The summed E-state index contributed by atoms with van der Waals surface area (Å²) in [6.07, 6.45) is 1.58. The van der Waals surface area contributed by atoms with Gasteiger partial charge in [-0.05, 0) is 43.1 Å². The normalized spacial score (nSPS) is 19.0. The van der Waals surface area contributed by atoms with Gasteiger partial charge in [-0.1, -0.05) is 19.1 Å². The zero-order valence-corrected chi connectivity index (χ0v) is 14.2. The molecule has 0 saturated carbocycles. The fraction of sp³-hybridized carbons (Fsp3) is 0.529. The Hall–Kier alpha value is -1.59. The Morgan fingerprint density at radius 3 is 2.57 bits per heavy atom. The number of anilines is 1. The van der Waals surface area contributed by atoms with Gasteiger partial charge in [-0.3, -0.25) is 9.59 Å². The summed E-state index contributed by atoms with van der Waals surface area (Å²) in [7, 11) is 0. The summed E-state index contributed by atoms with van der Waals surface area (Å²) in [6, 6.07) is 7.89. The molecule has 2 fully saturated rings. The van der Waals surface area contributed by atoms with Crippen molar-refractivity contribution >= 4 is 29.9 Å². The Bertz CT molecular complexity index is 557. The van der Waals surface area contributed by atoms with Crippen molar-refractivity contribution in [1.29, 1.82) is 0 Å². The van der Waals surface area contributed by atoms with E-state index in [1.807, 2.05) is 36.1 Å². The van der Waals surface area contributed by atoms with Gasteiger partial charge in [0.25, 0.3) is 0 Å². The van der Waals surface area contributed by atoms with Gasteiger partial charge in [-0.25, -0.2) is 0 Å². The summed E-state index contributed by atoms with van der Waals surface area (Å²) in [5.74, 6) is 0.834. The maximum atomic E-state index is 12.1. The Morgan fingerprint density at radius 2 is 2.04 bits per heavy atom. The summed E-state index contributed by atoms with van der Waals surface area (Å²) >= 11 is 0. The standard InChI is InChI=1S/C17H23N3O2.ClH/c1-12(14-10-18-11-14)17(22)19-9-13-4-6-15(7-5-13)20-8-2-3-16(20)21;/h4-7,12,14,18H,2-3,8-11H2,1H3,(H,19,22);1H. The van der Waals surface area contributed by atoms with Gasteiger partial charge in [0.15, 0.2) is 0 Å². The maximum Gasteiger partial charge on any atom is 0.227 e. The van der Waals surface area contributed by atoms with Crippen LogP contribution in [0.15, 0.2) is 24.3 Å². The van der Waals surface area contributed by atoms with Gasteiger partial charge in [0.1, 0.15) is 0 Å². The highest BCUT2D eigenvalue weighted by molar-refractivity contribution is 5.95. The molecule has 2 N–H and O–H groups in total. The molecule has 1 atom stereocenters. The van der Waals surface area contributed by atoms with E-state index in [-0.39, 0.29) is 30.1 Å². The number of halogens is 1. The molecule has 2 amide bonds. The molecule has 0 spiro atoms. The molecule has 2 aliphatic rings. The summed E-state index contributed by atoms with van der Waals surface area (Å²) < 4.78 is 0. The Labute approximate surface area is 143 Å². The Balaban J connectivity index is 0.00000192. The number of rotatable bonds is 5. The van der Waals surface area contributed by atoms with E-state index < -0.39 is 0 Å². The summed E-state index contributed by atoms with van der Waals surface area (Å²) in [6.45, 7) is 5.21. The van der Waals surface area contributed by atoms with E-state index in [2.05, 4.69) is 10.6 Å². The largest absolute Gasteiger partial charge is 0.352 e. The predicted octanol–water partition coefficient (Wildman–Crippen LogP) is 1.71. The molecule has 0 aliphatic carbocycles. The van der Waals surface area contributed by atoms with Gasteiger partial charge < -0.3 is 15.5 Å².